The molecule has 2 aromatic rings. The Kier molecular flexibility index (Phi) is 4.99. The van der Waals surface area contributed by atoms with E-state index in [1.165, 1.54) is 0 Å². The van der Waals surface area contributed by atoms with Gasteiger partial charge in [-0.2, -0.15) is 0 Å². The number of H-pyrrole nitrogens is 1. The summed E-state index contributed by atoms with van der Waals surface area (Å²) in [7, 11) is 0. The molecule has 1 aromatic carbocycles. The van der Waals surface area contributed by atoms with Crippen LogP contribution in [0.3, 0.4) is 0 Å². The van der Waals surface area contributed by atoms with Gasteiger partial charge in [0.05, 0.1) is 5.52 Å². The third kappa shape index (κ3) is 3.20. The fraction of sp³-hybridized carbons (Fsp3) is 0.316. The Morgan fingerprint density at radius 3 is 2.36 bits per heavy atom. The summed E-state index contributed by atoms with van der Waals surface area (Å²) in [6.45, 7) is 15.6. The molecule has 0 amide bonds. The highest BCUT2D eigenvalue weighted by molar-refractivity contribution is 5.83. The van der Waals surface area contributed by atoms with Crippen LogP contribution in [0.15, 0.2) is 42.2 Å². The molecule has 1 aromatic heterocycles. The fourth-order valence-electron chi connectivity index (χ4n) is 2.95. The Balaban J connectivity index is 2.57. The van der Waals surface area contributed by atoms with Crippen LogP contribution in [0.1, 0.15) is 22.4 Å². The van der Waals surface area contributed by atoms with Crippen LogP contribution in [0.4, 0.5) is 0 Å². The molecule has 3 heteroatoms. The number of hydrogen-bond acceptors (Lipinski definition) is 2. The summed E-state index contributed by atoms with van der Waals surface area (Å²) in [5.41, 5.74) is 4.98. The Morgan fingerprint density at radius 2 is 1.77 bits per heavy atom. The minimum atomic E-state index is 0.127. The van der Waals surface area contributed by atoms with Gasteiger partial charge in [0.15, 0.2) is 5.43 Å². The Labute approximate surface area is 132 Å². The van der Waals surface area contributed by atoms with E-state index in [2.05, 4.69) is 29.1 Å². The van der Waals surface area contributed by atoms with Gasteiger partial charge in [0, 0.05) is 36.3 Å². The normalized spacial score (nSPS) is 11.1. The highest BCUT2D eigenvalue weighted by Gasteiger charge is 2.14. The average Bonchev–Trinajstić information content (AvgIpc) is 2.42. The van der Waals surface area contributed by atoms with Crippen LogP contribution in [0.2, 0.25) is 0 Å². The predicted octanol–water partition coefficient (Wildman–Crippen LogP) is 3.63. The lowest BCUT2D eigenvalue weighted by Gasteiger charge is -2.20. The molecule has 0 saturated carbocycles. The van der Waals surface area contributed by atoms with Crippen LogP contribution in [0, 0.1) is 20.8 Å². The third-order valence-electron chi connectivity index (χ3n) is 3.91. The van der Waals surface area contributed by atoms with Gasteiger partial charge >= 0.3 is 0 Å². The summed E-state index contributed by atoms with van der Waals surface area (Å²) in [5.74, 6) is 0. The molecule has 0 unspecified atom stereocenters. The van der Waals surface area contributed by atoms with Gasteiger partial charge in [-0.15, -0.1) is 13.2 Å². The zero-order valence-electron chi connectivity index (χ0n) is 13.7. The monoisotopic (exact) mass is 296 g/mol. The van der Waals surface area contributed by atoms with Crippen LogP contribution >= 0.6 is 0 Å². The zero-order chi connectivity index (χ0) is 16.3. The van der Waals surface area contributed by atoms with Crippen molar-refractivity contribution in [2.24, 2.45) is 0 Å². The quantitative estimate of drug-likeness (QED) is 0.826. The van der Waals surface area contributed by atoms with E-state index in [-0.39, 0.29) is 5.43 Å². The van der Waals surface area contributed by atoms with Crippen molar-refractivity contribution >= 4 is 10.9 Å². The van der Waals surface area contributed by atoms with Gasteiger partial charge in [0.25, 0.3) is 0 Å². The number of rotatable bonds is 6. The molecule has 1 N–H and O–H groups in total. The van der Waals surface area contributed by atoms with E-state index in [1.807, 2.05) is 39.0 Å². The van der Waals surface area contributed by atoms with Crippen molar-refractivity contribution in [3.05, 3.63) is 70.1 Å². The number of pyridine rings is 1. The van der Waals surface area contributed by atoms with Gasteiger partial charge in [-0.3, -0.25) is 9.69 Å². The molecule has 0 aliphatic heterocycles. The molecule has 0 radical (unpaired) electrons. The summed E-state index contributed by atoms with van der Waals surface area (Å²) < 4.78 is 0. The van der Waals surface area contributed by atoms with E-state index in [9.17, 15) is 4.79 Å². The van der Waals surface area contributed by atoms with Crippen LogP contribution in [0.25, 0.3) is 10.9 Å². The number of hydrogen-bond donors (Lipinski definition) is 1. The first-order chi connectivity index (χ1) is 10.5. The molecule has 22 heavy (non-hydrogen) atoms. The van der Waals surface area contributed by atoms with Crippen molar-refractivity contribution in [3.63, 3.8) is 0 Å². The number of nitrogens with one attached hydrogen (secondary N) is 1. The Bertz CT molecular complexity index is 761. The van der Waals surface area contributed by atoms with E-state index in [4.69, 9.17) is 0 Å². The molecule has 1 heterocycles. The molecule has 0 aliphatic rings. The Morgan fingerprint density at radius 1 is 1.14 bits per heavy atom. The maximum atomic E-state index is 12.9. The van der Waals surface area contributed by atoms with E-state index in [1.54, 1.807) is 0 Å². The van der Waals surface area contributed by atoms with E-state index in [0.29, 0.717) is 6.54 Å². The highest BCUT2D eigenvalue weighted by atomic mass is 16.1. The lowest BCUT2D eigenvalue weighted by atomic mass is 10.0. The fourth-order valence-corrected chi connectivity index (χ4v) is 2.95. The molecule has 0 bridgehead atoms. The minimum Gasteiger partial charge on any atom is -0.358 e. The van der Waals surface area contributed by atoms with Gasteiger partial charge in [0.2, 0.25) is 0 Å². The Hall–Kier alpha value is -2.13. The van der Waals surface area contributed by atoms with E-state index in [0.717, 1.165) is 46.4 Å². The first-order valence-electron chi connectivity index (χ1n) is 7.54. The molecule has 0 saturated heterocycles. The maximum absolute atomic E-state index is 12.9. The summed E-state index contributed by atoms with van der Waals surface area (Å²) in [4.78, 5) is 18.5. The van der Waals surface area contributed by atoms with Gasteiger partial charge in [-0.05, 0) is 38.0 Å². The summed E-state index contributed by atoms with van der Waals surface area (Å²) in [6.07, 6.45) is 3.70. The van der Waals surface area contributed by atoms with E-state index < -0.39 is 0 Å². The summed E-state index contributed by atoms with van der Waals surface area (Å²) in [5, 5.41) is 0.795. The average molecular weight is 296 g/mol. The number of aromatic amines is 1. The first-order valence-corrected chi connectivity index (χ1v) is 7.54. The number of fused-ring (bicyclic) bond motifs is 1. The van der Waals surface area contributed by atoms with Crippen molar-refractivity contribution in [2.45, 2.75) is 27.3 Å². The third-order valence-corrected chi connectivity index (χ3v) is 3.91. The summed E-state index contributed by atoms with van der Waals surface area (Å²) >= 11 is 0. The number of benzene rings is 1. The molecule has 0 atom stereocenters. The second kappa shape index (κ2) is 6.75. The molecule has 2 rings (SSSR count). The van der Waals surface area contributed by atoms with Crippen molar-refractivity contribution < 1.29 is 0 Å². The molecular weight excluding hydrogens is 272 g/mol. The van der Waals surface area contributed by atoms with Crippen LogP contribution < -0.4 is 5.43 Å². The van der Waals surface area contributed by atoms with E-state index >= 15 is 0 Å². The standard InChI is InChI=1S/C19H24N2O/c1-6-8-21(9-7-2)12-16-15(5)20-17-11-13(3)10-14(4)18(17)19(16)22/h6-7,10-11H,1-2,8-9,12H2,3-5H3,(H,20,22). The van der Waals surface area contributed by atoms with Gasteiger partial charge in [-0.1, -0.05) is 18.2 Å². The predicted molar refractivity (Wildman–Crippen MR) is 94.5 cm³/mol. The van der Waals surface area contributed by atoms with Crippen molar-refractivity contribution in [1.82, 2.24) is 9.88 Å². The minimum absolute atomic E-state index is 0.127. The lowest BCUT2D eigenvalue weighted by Crippen LogP contribution is -2.28. The van der Waals surface area contributed by atoms with Crippen molar-refractivity contribution in [2.75, 3.05) is 13.1 Å². The topological polar surface area (TPSA) is 36.1 Å². The number of nitrogens with zero attached hydrogens (tertiary/aromatic N) is 1. The SMILES string of the molecule is C=CCN(CC=C)Cc1c(C)[nH]c2cc(C)cc(C)c2c1=O. The van der Waals surface area contributed by atoms with Gasteiger partial charge in [-0.25, -0.2) is 0 Å². The second-order valence-electron chi connectivity index (χ2n) is 5.83. The second-order valence-corrected chi connectivity index (χ2v) is 5.83. The largest absolute Gasteiger partial charge is 0.358 e. The van der Waals surface area contributed by atoms with Crippen molar-refractivity contribution in [3.8, 4) is 0 Å². The first kappa shape index (κ1) is 16.2. The van der Waals surface area contributed by atoms with Crippen LogP contribution in [-0.4, -0.2) is 23.0 Å². The van der Waals surface area contributed by atoms with Gasteiger partial charge in [0.1, 0.15) is 0 Å². The molecule has 116 valence electrons. The zero-order valence-corrected chi connectivity index (χ0v) is 13.7. The number of aryl methyl sites for hydroxylation is 3. The van der Waals surface area contributed by atoms with Gasteiger partial charge < -0.3 is 4.98 Å². The lowest BCUT2D eigenvalue weighted by molar-refractivity contribution is 0.326. The molecule has 0 spiro atoms. The van der Waals surface area contributed by atoms with Crippen LogP contribution in [0.5, 0.6) is 0 Å². The van der Waals surface area contributed by atoms with Crippen LogP contribution in [-0.2, 0) is 6.54 Å². The van der Waals surface area contributed by atoms with Crippen molar-refractivity contribution in [1.29, 1.82) is 0 Å². The molecule has 3 nitrogen and oxygen atoms in total. The maximum Gasteiger partial charge on any atom is 0.194 e. The molecular formula is C19H24N2O. The summed E-state index contributed by atoms with van der Waals surface area (Å²) in [6, 6.07) is 4.09. The molecule has 0 fully saturated rings. The molecule has 0 aliphatic carbocycles. The smallest absolute Gasteiger partial charge is 0.194 e. The number of aromatic nitrogens is 1. The highest BCUT2D eigenvalue weighted by Crippen LogP contribution is 2.18.